The van der Waals surface area contributed by atoms with Gasteiger partial charge in [0.1, 0.15) is 0 Å². The molecule has 2 fully saturated rings. The second-order valence-corrected chi connectivity index (χ2v) is 6.76. The fourth-order valence-electron chi connectivity index (χ4n) is 2.63. The highest BCUT2D eigenvalue weighted by Gasteiger charge is 2.36. The number of rotatable bonds is 6. The molecule has 0 aromatic rings. The van der Waals surface area contributed by atoms with Crippen LogP contribution in [0.1, 0.15) is 52.9 Å². The maximum Gasteiger partial charge on any atom is 0.0631 e. The molecule has 1 saturated carbocycles. The Hall–Kier alpha value is -0.340. The minimum Gasteiger partial charge on any atom is -0.372 e. The molecule has 0 amide bonds. The molecule has 1 aliphatic heterocycles. The van der Waals surface area contributed by atoms with Crippen molar-refractivity contribution < 1.29 is 4.74 Å². The van der Waals surface area contributed by atoms with Crippen molar-refractivity contribution in [3.05, 3.63) is 12.7 Å². The van der Waals surface area contributed by atoms with E-state index in [1.165, 1.54) is 25.7 Å². The van der Waals surface area contributed by atoms with Crippen LogP contribution in [0.4, 0.5) is 0 Å². The zero-order valence-electron chi connectivity index (χ0n) is 11.6. The lowest BCUT2D eigenvalue weighted by Crippen LogP contribution is -2.35. The van der Waals surface area contributed by atoms with Gasteiger partial charge < -0.3 is 10.1 Å². The van der Waals surface area contributed by atoms with Gasteiger partial charge >= 0.3 is 0 Å². The number of hydrogen-bond donors (Lipinski definition) is 1. The molecule has 1 saturated heterocycles. The first-order chi connectivity index (χ1) is 7.92. The first-order valence-electron chi connectivity index (χ1n) is 6.97. The molecule has 2 atom stereocenters. The third-order valence-electron chi connectivity index (χ3n) is 4.11. The third kappa shape index (κ3) is 3.82. The standard InChI is InChI=1S/C15H27NO/c1-5-15(4,11-16-12-6-7-12)10-13-8-9-14(2,3)17-13/h5,12-13,16H,1,6-11H2,2-4H3. The number of nitrogens with one attached hydrogen (secondary N) is 1. The Morgan fingerprint density at radius 1 is 1.41 bits per heavy atom. The van der Waals surface area contributed by atoms with Gasteiger partial charge in [-0.2, -0.15) is 0 Å². The van der Waals surface area contributed by atoms with Crippen LogP contribution in [-0.4, -0.2) is 24.3 Å². The molecule has 98 valence electrons. The molecule has 2 aliphatic rings. The van der Waals surface area contributed by atoms with E-state index in [9.17, 15) is 0 Å². The van der Waals surface area contributed by atoms with Gasteiger partial charge in [-0.3, -0.25) is 0 Å². The summed E-state index contributed by atoms with van der Waals surface area (Å²) < 4.78 is 6.09. The molecular weight excluding hydrogens is 210 g/mol. The number of hydrogen-bond acceptors (Lipinski definition) is 2. The largest absolute Gasteiger partial charge is 0.372 e. The van der Waals surface area contributed by atoms with Crippen LogP contribution in [0.25, 0.3) is 0 Å². The SMILES string of the molecule is C=CC(C)(CNC1CC1)CC1CCC(C)(C)O1. The summed E-state index contributed by atoms with van der Waals surface area (Å²) in [5.74, 6) is 0. The van der Waals surface area contributed by atoms with Crippen LogP contribution in [0.2, 0.25) is 0 Å². The van der Waals surface area contributed by atoms with E-state index in [-0.39, 0.29) is 11.0 Å². The topological polar surface area (TPSA) is 21.3 Å². The average molecular weight is 237 g/mol. The third-order valence-corrected chi connectivity index (χ3v) is 4.11. The molecule has 2 unspecified atom stereocenters. The van der Waals surface area contributed by atoms with Crippen molar-refractivity contribution in [1.82, 2.24) is 5.32 Å². The Kier molecular flexibility index (Phi) is 3.65. The molecule has 2 nitrogen and oxygen atoms in total. The van der Waals surface area contributed by atoms with E-state index in [1.54, 1.807) is 0 Å². The lowest BCUT2D eigenvalue weighted by molar-refractivity contribution is -0.0290. The Morgan fingerprint density at radius 2 is 2.12 bits per heavy atom. The summed E-state index contributed by atoms with van der Waals surface area (Å²) in [7, 11) is 0. The summed E-state index contributed by atoms with van der Waals surface area (Å²) >= 11 is 0. The highest BCUT2D eigenvalue weighted by Crippen LogP contribution is 2.36. The summed E-state index contributed by atoms with van der Waals surface area (Å²) in [6, 6.07) is 0.773. The average Bonchev–Trinajstić information content (AvgIpc) is 3.02. The molecule has 0 aromatic carbocycles. The zero-order valence-corrected chi connectivity index (χ0v) is 11.6. The van der Waals surface area contributed by atoms with Gasteiger partial charge in [-0.05, 0) is 46.0 Å². The van der Waals surface area contributed by atoms with E-state index in [2.05, 4.69) is 38.7 Å². The molecule has 17 heavy (non-hydrogen) atoms. The molecule has 1 aliphatic carbocycles. The number of ether oxygens (including phenoxy) is 1. The van der Waals surface area contributed by atoms with Crippen LogP contribution in [-0.2, 0) is 4.74 Å². The summed E-state index contributed by atoms with van der Waals surface area (Å²) in [5.41, 5.74) is 0.254. The van der Waals surface area contributed by atoms with Crippen LogP contribution in [0, 0.1) is 5.41 Å². The quantitative estimate of drug-likeness (QED) is 0.716. The molecule has 2 rings (SSSR count). The molecule has 0 spiro atoms. The molecule has 2 heteroatoms. The first-order valence-corrected chi connectivity index (χ1v) is 6.97. The minimum absolute atomic E-state index is 0.0800. The second-order valence-electron chi connectivity index (χ2n) is 6.76. The van der Waals surface area contributed by atoms with Gasteiger partial charge in [-0.1, -0.05) is 13.0 Å². The van der Waals surface area contributed by atoms with Crippen LogP contribution in [0.3, 0.4) is 0 Å². The van der Waals surface area contributed by atoms with Crippen LogP contribution in [0.5, 0.6) is 0 Å². The van der Waals surface area contributed by atoms with Gasteiger partial charge in [0, 0.05) is 18.0 Å². The van der Waals surface area contributed by atoms with Gasteiger partial charge in [0.15, 0.2) is 0 Å². The predicted molar refractivity (Wildman–Crippen MR) is 72.1 cm³/mol. The highest BCUT2D eigenvalue weighted by molar-refractivity contribution is 4.98. The zero-order chi connectivity index (χ0) is 12.5. The van der Waals surface area contributed by atoms with Crippen molar-refractivity contribution >= 4 is 0 Å². The van der Waals surface area contributed by atoms with Gasteiger partial charge in [0.2, 0.25) is 0 Å². The maximum atomic E-state index is 6.09. The normalized spacial score (nSPS) is 31.1. The van der Waals surface area contributed by atoms with Crippen molar-refractivity contribution in [1.29, 1.82) is 0 Å². The molecular formula is C15H27NO. The van der Waals surface area contributed by atoms with E-state index in [4.69, 9.17) is 4.74 Å². The molecule has 0 aromatic heterocycles. The summed E-state index contributed by atoms with van der Waals surface area (Å²) in [6.07, 6.45) is 8.69. The van der Waals surface area contributed by atoms with E-state index in [0.29, 0.717) is 6.10 Å². The summed E-state index contributed by atoms with van der Waals surface area (Å²) in [5, 5.41) is 3.62. The molecule has 0 bridgehead atoms. The van der Waals surface area contributed by atoms with Gasteiger partial charge in [0.25, 0.3) is 0 Å². The monoisotopic (exact) mass is 237 g/mol. The summed E-state index contributed by atoms with van der Waals surface area (Å²) in [4.78, 5) is 0. The van der Waals surface area contributed by atoms with Gasteiger partial charge in [-0.25, -0.2) is 0 Å². The fraction of sp³-hybridized carbons (Fsp3) is 0.867. The predicted octanol–water partition coefficient (Wildman–Crippen LogP) is 3.28. The van der Waals surface area contributed by atoms with Gasteiger partial charge in [-0.15, -0.1) is 6.58 Å². The summed E-state index contributed by atoms with van der Waals surface area (Å²) in [6.45, 7) is 11.7. The Bertz CT molecular complexity index is 283. The fourth-order valence-corrected chi connectivity index (χ4v) is 2.63. The Balaban J connectivity index is 1.82. The van der Waals surface area contributed by atoms with E-state index in [1.807, 2.05) is 0 Å². The smallest absolute Gasteiger partial charge is 0.0631 e. The van der Waals surface area contributed by atoms with E-state index in [0.717, 1.165) is 19.0 Å². The van der Waals surface area contributed by atoms with Crippen LogP contribution < -0.4 is 5.32 Å². The molecule has 1 N–H and O–H groups in total. The lowest BCUT2D eigenvalue weighted by Gasteiger charge is -2.30. The van der Waals surface area contributed by atoms with Crippen LogP contribution in [0.15, 0.2) is 12.7 Å². The van der Waals surface area contributed by atoms with E-state index >= 15 is 0 Å². The van der Waals surface area contributed by atoms with Crippen molar-refractivity contribution in [2.45, 2.75) is 70.6 Å². The minimum atomic E-state index is 0.0800. The van der Waals surface area contributed by atoms with Crippen molar-refractivity contribution in [2.75, 3.05) is 6.54 Å². The maximum absolute atomic E-state index is 6.09. The highest BCUT2D eigenvalue weighted by atomic mass is 16.5. The van der Waals surface area contributed by atoms with Crippen molar-refractivity contribution in [3.63, 3.8) is 0 Å². The lowest BCUT2D eigenvalue weighted by atomic mass is 9.83. The Morgan fingerprint density at radius 3 is 2.59 bits per heavy atom. The molecule has 1 heterocycles. The van der Waals surface area contributed by atoms with Crippen molar-refractivity contribution in [3.8, 4) is 0 Å². The Labute approximate surface area is 106 Å². The van der Waals surface area contributed by atoms with Crippen molar-refractivity contribution in [2.24, 2.45) is 5.41 Å². The molecule has 0 radical (unpaired) electrons. The second kappa shape index (κ2) is 4.74. The van der Waals surface area contributed by atoms with E-state index < -0.39 is 0 Å². The van der Waals surface area contributed by atoms with Gasteiger partial charge in [0.05, 0.1) is 11.7 Å². The first kappa shape index (κ1) is 13.1. The van der Waals surface area contributed by atoms with Crippen LogP contribution >= 0.6 is 0 Å².